The second-order valence-corrected chi connectivity index (χ2v) is 5.54. The van der Waals surface area contributed by atoms with E-state index >= 15 is 0 Å². The zero-order valence-electron chi connectivity index (χ0n) is 12.4. The Morgan fingerprint density at radius 2 is 2.00 bits per heavy atom. The Balaban J connectivity index is 1.82. The number of aryl methyl sites for hydroxylation is 1. The van der Waals surface area contributed by atoms with E-state index in [1.165, 1.54) is 0 Å². The monoisotopic (exact) mass is 304 g/mol. The molecule has 0 spiro atoms. The van der Waals surface area contributed by atoms with Crippen LogP contribution in [0, 0.1) is 0 Å². The number of ether oxygens (including phenoxy) is 1. The molecule has 0 saturated carbocycles. The van der Waals surface area contributed by atoms with Gasteiger partial charge in [-0.2, -0.15) is 0 Å². The Morgan fingerprint density at radius 3 is 2.68 bits per heavy atom. The summed E-state index contributed by atoms with van der Waals surface area (Å²) in [7, 11) is 0. The van der Waals surface area contributed by atoms with E-state index in [-0.39, 0.29) is 13.0 Å². The average molecular weight is 304 g/mol. The molecule has 3 nitrogen and oxygen atoms in total. The van der Waals surface area contributed by atoms with Crippen molar-refractivity contribution in [2.75, 3.05) is 0 Å². The lowest BCUT2D eigenvalue weighted by molar-refractivity contribution is -0.0702. The minimum Gasteiger partial charge on any atom is -0.367 e. The van der Waals surface area contributed by atoms with Crippen LogP contribution in [0.2, 0.25) is 0 Å². The molecule has 3 rings (SSSR count). The van der Waals surface area contributed by atoms with Crippen LogP contribution in [0.25, 0.3) is 11.4 Å². The number of rotatable bonds is 4. The highest BCUT2D eigenvalue weighted by atomic mass is 19.3. The molecular weight excluding hydrogens is 286 g/mol. The van der Waals surface area contributed by atoms with Crippen molar-refractivity contribution in [3.05, 3.63) is 47.3 Å². The van der Waals surface area contributed by atoms with E-state index in [4.69, 9.17) is 4.74 Å². The van der Waals surface area contributed by atoms with Crippen molar-refractivity contribution in [1.82, 2.24) is 9.97 Å². The Labute approximate surface area is 128 Å². The molecule has 1 aromatic carbocycles. The van der Waals surface area contributed by atoms with E-state index < -0.39 is 12.5 Å². The van der Waals surface area contributed by atoms with Gasteiger partial charge < -0.3 is 4.74 Å². The SMILES string of the molecule is CCCc1cnc(-c2ccc3c(c2)COC(C(F)F)C3)nc1. The molecule has 0 saturated heterocycles. The normalized spacial score (nSPS) is 17.5. The fraction of sp³-hybridized carbons (Fsp3) is 0.412. The summed E-state index contributed by atoms with van der Waals surface area (Å²) in [4.78, 5) is 8.78. The molecule has 0 bridgehead atoms. The molecule has 1 unspecified atom stereocenters. The van der Waals surface area contributed by atoms with Crippen LogP contribution in [-0.2, 0) is 24.2 Å². The van der Waals surface area contributed by atoms with Crippen molar-refractivity contribution in [1.29, 1.82) is 0 Å². The Morgan fingerprint density at radius 1 is 1.23 bits per heavy atom. The Hall–Kier alpha value is -1.88. The van der Waals surface area contributed by atoms with Gasteiger partial charge in [-0.1, -0.05) is 25.5 Å². The Bertz CT molecular complexity index is 644. The maximum absolute atomic E-state index is 12.7. The van der Waals surface area contributed by atoms with Crippen molar-refractivity contribution in [2.24, 2.45) is 0 Å². The van der Waals surface area contributed by atoms with E-state index in [0.717, 1.165) is 35.1 Å². The standard InChI is InChI=1S/C17H18F2N2O/c1-2-3-11-8-20-17(21-9-11)13-5-4-12-7-15(16(18)19)22-10-14(12)6-13/h4-6,8-9,15-16H,2-3,7,10H2,1H3. The fourth-order valence-electron chi connectivity index (χ4n) is 2.65. The molecule has 0 fully saturated rings. The van der Waals surface area contributed by atoms with Gasteiger partial charge in [0.1, 0.15) is 6.10 Å². The van der Waals surface area contributed by atoms with Gasteiger partial charge in [-0.25, -0.2) is 18.7 Å². The number of aromatic nitrogens is 2. The zero-order valence-corrected chi connectivity index (χ0v) is 12.4. The third-order valence-electron chi connectivity index (χ3n) is 3.86. The smallest absolute Gasteiger partial charge is 0.264 e. The first-order valence-corrected chi connectivity index (χ1v) is 7.50. The highest BCUT2D eigenvalue weighted by Crippen LogP contribution is 2.27. The van der Waals surface area contributed by atoms with Crippen molar-refractivity contribution < 1.29 is 13.5 Å². The number of benzene rings is 1. The van der Waals surface area contributed by atoms with Crippen LogP contribution in [-0.4, -0.2) is 22.5 Å². The third kappa shape index (κ3) is 3.14. The van der Waals surface area contributed by atoms with E-state index in [2.05, 4.69) is 16.9 Å². The summed E-state index contributed by atoms with van der Waals surface area (Å²) in [5.74, 6) is 0.652. The number of alkyl halides is 2. The van der Waals surface area contributed by atoms with Crippen molar-refractivity contribution in [2.45, 2.75) is 45.3 Å². The number of nitrogens with zero attached hydrogens (tertiary/aromatic N) is 2. The van der Waals surface area contributed by atoms with E-state index in [9.17, 15) is 8.78 Å². The van der Waals surface area contributed by atoms with Gasteiger partial charge in [-0.3, -0.25) is 0 Å². The molecule has 1 aliphatic rings. The molecule has 0 N–H and O–H groups in total. The first-order chi connectivity index (χ1) is 10.7. The van der Waals surface area contributed by atoms with Crippen LogP contribution in [0.1, 0.15) is 30.0 Å². The van der Waals surface area contributed by atoms with Gasteiger partial charge in [0.2, 0.25) is 0 Å². The molecule has 1 aromatic heterocycles. The molecule has 2 aromatic rings. The molecule has 2 heterocycles. The minimum absolute atomic E-state index is 0.214. The molecule has 1 aliphatic heterocycles. The summed E-state index contributed by atoms with van der Waals surface area (Å²) in [6.45, 7) is 2.33. The first kappa shape index (κ1) is 15.0. The van der Waals surface area contributed by atoms with Gasteiger partial charge in [0.05, 0.1) is 6.61 Å². The quantitative estimate of drug-likeness (QED) is 0.861. The van der Waals surface area contributed by atoms with Crippen molar-refractivity contribution >= 4 is 0 Å². The van der Waals surface area contributed by atoms with Crippen molar-refractivity contribution in [3.63, 3.8) is 0 Å². The zero-order chi connectivity index (χ0) is 15.5. The summed E-state index contributed by atoms with van der Waals surface area (Å²) in [5, 5.41) is 0. The van der Waals surface area contributed by atoms with E-state index in [1.807, 2.05) is 30.6 Å². The molecule has 0 amide bonds. The van der Waals surface area contributed by atoms with Gasteiger partial charge in [-0.15, -0.1) is 0 Å². The first-order valence-electron chi connectivity index (χ1n) is 7.50. The lowest BCUT2D eigenvalue weighted by atomic mass is 9.97. The maximum Gasteiger partial charge on any atom is 0.264 e. The van der Waals surface area contributed by atoms with Crippen LogP contribution in [0.15, 0.2) is 30.6 Å². The second-order valence-electron chi connectivity index (χ2n) is 5.54. The molecule has 22 heavy (non-hydrogen) atoms. The van der Waals surface area contributed by atoms with E-state index in [0.29, 0.717) is 5.82 Å². The van der Waals surface area contributed by atoms with Gasteiger partial charge in [0, 0.05) is 24.4 Å². The van der Waals surface area contributed by atoms with Gasteiger partial charge in [-0.05, 0) is 29.2 Å². The number of halogens is 2. The number of hydrogen-bond acceptors (Lipinski definition) is 3. The molecule has 1 atom stereocenters. The fourth-order valence-corrected chi connectivity index (χ4v) is 2.65. The highest BCUT2D eigenvalue weighted by molar-refractivity contribution is 5.57. The minimum atomic E-state index is -2.44. The lowest BCUT2D eigenvalue weighted by Gasteiger charge is -2.25. The average Bonchev–Trinajstić information content (AvgIpc) is 2.55. The Kier molecular flexibility index (Phi) is 4.43. The highest BCUT2D eigenvalue weighted by Gasteiger charge is 2.27. The molecule has 116 valence electrons. The third-order valence-corrected chi connectivity index (χ3v) is 3.86. The maximum atomic E-state index is 12.7. The van der Waals surface area contributed by atoms with Crippen LogP contribution in [0.4, 0.5) is 8.78 Å². The van der Waals surface area contributed by atoms with Crippen LogP contribution >= 0.6 is 0 Å². The molecule has 0 aliphatic carbocycles. The summed E-state index contributed by atoms with van der Waals surface area (Å²) < 4.78 is 30.6. The van der Waals surface area contributed by atoms with E-state index in [1.54, 1.807) is 0 Å². The van der Waals surface area contributed by atoms with Crippen molar-refractivity contribution in [3.8, 4) is 11.4 Å². The predicted octanol–water partition coefficient (Wildman–Crippen LogP) is 3.80. The largest absolute Gasteiger partial charge is 0.367 e. The van der Waals surface area contributed by atoms with Crippen LogP contribution in [0.5, 0.6) is 0 Å². The van der Waals surface area contributed by atoms with Gasteiger partial charge in [0.15, 0.2) is 5.82 Å². The number of hydrogen-bond donors (Lipinski definition) is 0. The topological polar surface area (TPSA) is 35.0 Å². The molecule has 5 heteroatoms. The lowest BCUT2D eigenvalue weighted by Crippen LogP contribution is -2.29. The molecular formula is C17H18F2N2O. The van der Waals surface area contributed by atoms with Crippen LogP contribution in [0.3, 0.4) is 0 Å². The summed E-state index contributed by atoms with van der Waals surface area (Å²) in [6.07, 6.45) is 2.52. The second kappa shape index (κ2) is 6.48. The van der Waals surface area contributed by atoms with Gasteiger partial charge >= 0.3 is 0 Å². The molecule has 0 radical (unpaired) electrons. The summed E-state index contributed by atoms with van der Waals surface area (Å²) in [5.41, 5.74) is 3.87. The van der Waals surface area contributed by atoms with Gasteiger partial charge in [0.25, 0.3) is 6.43 Å². The number of fused-ring (bicyclic) bond motifs is 1. The summed E-state index contributed by atoms with van der Waals surface area (Å²) >= 11 is 0. The van der Waals surface area contributed by atoms with Crippen LogP contribution < -0.4 is 0 Å². The predicted molar refractivity (Wildman–Crippen MR) is 79.7 cm³/mol. The summed E-state index contributed by atoms with van der Waals surface area (Å²) in [6, 6.07) is 5.71.